The number of nitrogens with zero attached hydrogens (tertiary/aromatic N) is 2. The van der Waals surface area contributed by atoms with Gasteiger partial charge in [-0.25, -0.2) is 13.4 Å². The molecule has 1 unspecified atom stereocenters. The summed E-state index contributed by atoms with van der Waals surface area (Å²) in [5.74, 6) is -3.49. The Morgan fingerprint density at radius 1 is 1.62 bits per heavy atom. The number of carboxylic acid groups (broad SMARTS) is 1. The lowest BCUT2D eigenvalue weighted by molar-refractivity contribution is -0.146. The highest BCUT2D eigenvalue weighted by Gasteiger charge is 2.34. The number of rotatable bonds is 5. The molecule has 0 bridgehead atoms. The van der Waals surface area contributed by atoms with Crippen LogP contribution in [0, 0.1) is 5.92 Å². The van der Waals surface area contributed by atoms with Crippen LogP contribution in [-0.4, -0.2) is 54.7 Å². The lowest BCUT2D eigenvalue weighted by Crippen LogP contribution is -2.34. The fraction of sp³-hybridized carbons (Fsp3) is 0.625. The molecule has 8 heteroatoms. The molecule has 90 valence electrons. The summed E-state index contributed by atoms with van der Waals surface area (Å²) in [5.41, 5.74) is 0. The lowest BCUT2D eigenvalue weighted by atomic mass is 10.2. The largest absolute Gasteiger partial charge is 0.480 e. The fourth-order valence-corrected chi connectivity index (χ4v) is 1.88. The Balaban J connectivity index is 2.57. The van der Waals surface area contributed by atoms with Crippen LogP contribution in [-0.2, 0) is 19.4 Å². The number of carbonyl (C=O) groups is 2. The zero-order valence-electron chi connectivity index (χ0n) is 8.66. The van der Waals surface area contributed by atoms with Gasteiger partial charge in [0.2, 0.25) is 0 Å². The van der Waals surface area contributed by atoms with Crippen molar-refractivity contribution >= 4 is 27.9 Å². The van der Waals surface area contributed by atoms with Crippen molar-refractivity contribution in [2.45, 2.75) is 6.92 Å². The van der Waals surface area contributed by atoms with E-state index in [1.165, 1.54) is 6.92 Å². The van der Waals surface area contributed by atoms with Gasteiger partial charge < -0.3 is 5.11 Å². The number of sulfone groups is 1. The van der Waals surface area contributed by atoms with Gasteiger partial charge in [-0.1, -0.05) is 6.92 Å². The maximum Gasteiger partial charge on any atom is 0.321 e. The minimum absolute atomic E-state index is 0.0128. The van der Waals surface area contributed by atoms with Crippen LogP contribution >= 0.6 is 0 Å². The summed E-state index contributed by atoms with van der Waals surface area (Å²) in [7, 11) is -3.18. The number of carbonyl (C=O) groups excluding carboxylic acids is 1. The van der Waals surface area contributed by atoms with E-state index in [2.05, 4.69) is 5.10 Å². The van der Waals surface area contributed by atoms with Gasteiger partial charge in [0.1, 0.15) is 0 Å². The Hall–Kier alpha value is -1.44. The second-order valence-electron chi connectivity index (χ2n) is 3.28. The van der Waals surface area contributed by atoms with E-state index < -0.39 is 27.6 Å². The van der Waals surface area contributed by atoms with Crippen LogP contribution in [0.25, 0.3) is 0 Å². The highest BCUT2D eigenvalue weighted by Crippen LogP contribution is 2.10. The second kappa shape index (κ2) is 4.60. The first-order valence-corrected chi connectivity index (χ1v) is 6.48. The fourth-order valence-electron chi connectivity index (χ4n) is 1.14. The molecule has 7 nitrogen and oxygen atoms in total. The van der Waals surface area contributed by atoms with Crippen LogP contribution < -0.4 is 0 Å². The normalized spacial score (nSPS) is 20.4. The third-order valence-corrected chi connectivity index (χ3v) is 3.88. The number of hydrazone groups is 1. The number of hydrogen-bond acceptors (Lipinski definition) is 5. The average molecular weight is 248 g/mol. The van der Waals surface area contributed by atoms with E-state index in [-0.39, 0.29) is 18.1 Å². The molecule has 1 heterocycles. The summed E-state index contributed by atoms with van der Waals surface area (Å²) >= 11 is 0. The van der Waals surface area contributed by atoms with Gasteiger partial charge in [-0.2, -0.15) is 5.10 Å². The van der Waals surface area contributed by atoms with E-state index in [4.69, 9.17) is 5.11 Å². The molecule has 0 radical (unpaired) electrons. The van der Waals surface area contributed by atoms with E-state index in [0.717, 1.165) is 11.2 Å². The molecule has 0 aromatic carbocycles. The standard InChI is InChI=1S/C8H12N2O5S/c1-2-16(14,15)4-3-10-7(11)6(5-9-10)8(12)13/h5-6H,2-4H2,1H3,(H,12,13). The summed E-state index contributed by atoms with van der Waals surface area (Å²) in [6.07, 6.45) is 1.00. The van der Waals surface area contributed by atoms with E-state index in [1.807, 2.05) is 0 Å². The molecule has 1 aliphatic rings. The molecule has 0 aliphatic carbocycles. The number of amides is 1. The Labute approximate surface area is 92.7 Å². The summed E-state index contributed by atoms with van der Waals surface area (Å²) in [4.78, 5) is 21.9. The highest BCUT2D eigenvalue weighted by atomic mass is 32.2. The lowest BCUT2D eigenvalue weighted by Gasteiger charge is -2.12. The topological polar surface area (TPSA) is 104 Å². The van der Waals surface area contributed by atoms with Crippen molar-refractivity contribution in [1.29, 1.82) is 0 Å². The predicted molar refractivity (Wildman–Crippen MR) is 55.7 cm³/mol. The smallest absolute Gasteiger partial charge is 0.321 e. The van der Waals surface area contributed by atoms with E-state index in [9.17, 15) is 18.0 Å². The average Bonchev–Trinajstić information content (AvgIpc) is 2.57. The quantitative estimate of drug-likeness (QED) is 0.625. The van der Waals surface area contributed by atoms with Crippen molar-refractivity contribution in [2.75, 3.05) is 18.1 Å². The van der Waals surface area contributed by atoms with E-state index in [0.29, 0.717) is 0 Å². The van der Waals surface area contributed by atoms with Crippen LogP contribution in [0.3, 0.4) is 0 Å². The zero-order valence-corrected chi connectivity index (χ0v) is 9.48. The summed E-state index contributed by atoms with van der Waals surface area (Å²) in [5, 5.41) is 13.1. The maximum atomic E-state index is 11.4. The Morgan fingerprint density at radius 3 is 2.69 bits per heavy atom. The molecule has 16 heavy (non-hydrogen) atoms. The van der Waals surface area contributed by atoms with Gasteiger partial charge in [0.05, 0.1) is 12.3 Å². The summed E-state index contributed by atoms with van der Waals surface area (Å²) in [6.45, 7) is 1.40. The molecule has 0 aromatic rings. The first kappa shape index (κ1) is 12.6. The summed E-state index contributed by atoms with van der Waals surface area (Å²) < 4.78 is 22.3. The minimum atomic E-state index is -3.18. The maximum absolute atomic E-state index is 11.4. The van der Waals surface area contributed by atoms with Crippen LogP contribution in [0.5, 0.6) is 0 Å². The Morgan fingerprint density at radius 2 is 2.25 bits per heavy atom. The first-order chi connectivity index (χ1) is 7.37. The van der Waals surface area contributed by atoms with Crippen LogP contribution in [0.4, 0.5) is 0 Å². The third kappa shape index (κ3) is 2.78. The van der Waals surface area contributed by atoms with Gasteiger partial charge in [0.25, 0.3) is 5.91 Å². The highest BCUT2D eigenvalue weighted by molar-refractivity contribution is 7.91. The molecule has 0 spiro atoms. The Kier molecular flexibility index (Phi) is 3.63. The van der Waals surface area contributed by atoms with Crippen molar-refractivity contribution in [2.24, 2.45) is 11.0 Å². The van der Waals surface area contributed by atoms with Crippen LogP contribution in [0.15, 0.2) is 5.10 Å². The van der Waals surface area contributed by atoms with E-state index in [1.54, 1.807) is 0 Å². The van der Waals surface area contributed by atoms with Crippen molar-refractivity contribution in [1.82, 2.24) is 5.01 Å². The molecule has 0 saturated carbocycles. The zero-order chi connectivity index (χ0) is 12.3. The predicted octanol–water partition coefficient (Wildman–Crippen LogP) is -1.05. The monoisotopic (exact) mass is 248 g/mol. The van der Waals surface area contributed by atoms with Crippen molar-refractivity contribution in [3.05, 3.63) is 0 Å². The molecule has 1 aliphatic heterocycles. The number of aliphatic carboxylic acids is 1. The van der Waals surface area contributed by atoms with Crippen molar-refractivity contribution < 1.29 is 23.1 Å². The van der Waals surface area contributed by atoms with Gasteiger partial charge in [0, 0.05) is 12.0 Å². The van der Waals surface area contributed by atoms with Crippen molar-refractivity contribution in [3.63, 3.8) is 0 Å². The minimum Gasteiger partial charge on any atom is -0.480 e. The van der Waals surface area contributed by atoms with Crippen LogP contribution in [0.2, 0.25) is 0 Å². The molecule has 1 N–H and O–H groups in total. The molecular formula is C8H12N2O5S. The second-order valence-corrected chi connectivity index (χ2v) is 5.75. The Bertz CT molecular complexity index is 428. The van der Waals surface area contributed by atoms with Gasteiger partial charge >= 0.3 is 5.97 Å². The van der Waals surface area contributed by atoms with Gasteiger partial charge in [-0.05, 0) is 0 Å². The molecule has 0 saturated heterocycles. The molecule has 1 amide bonds. The summed E-state index contributed by atoms with van der Waals surface area (Å²) in [6, 6.07) is 0. The molecule has 1 rings (SSSR count). The third-order valence-electron chi connectivity index (χ3n) is 2.20. The van der Waals surface area contributed by atoms with Gasteiger partial charge in [0.15, 0.2) is 15.8 Å². The van der Waals surface area contributed by atoms with Gasteiger partial charge in [-0.3, -0.25) is 9.59 Å². The molecule has 0 aromatic heterocycles. The molecular weight excluding hydrogens is 236 g/mol. The van der Waals surface area contributed by atoms with Gasteiger partial charge in [-0.15, -0.1) is 0 Å². The van der Waals surface area contributed by atoms with E-state index >= 15 is 0 Å². The molecule has 0 fully saturated rings. The van der Waals surface area contributed by atoms with Crippen molar-refractivity contribution in [3.8, 4) is 0 Å². The number of carboxylic acids is 1. The molecule has 1 atom stereocenters. The first-order valence-electron chi connectivity index (χ1n) is 4.66. The van der Waals surface area contributed by atoms with Crippen LogP contribution in [0.1, 0.15) is 6.92 Å². The number of hydrogen-bond donors (Lipinski definition) is 1. The SMILES string of the molecule is CCS(=O)(=O)CCN1N=CC(C(=O)O)C1=O.